The van der Waals surface area contributed by atoms with E-state index in [2.05, 4.69) is 22.4 Å². The van der Waals surface area contributed by atoms with E-state index in [0.717, 1.165) is 38.1 Å². The van der Waals surface area contributed by atoms with E-state index in [9.17, 15) is 9.59 Å². The Hall–Kier alpha value is -3.61. The van der Waals surface area contributed by atoms with Crippen LogP contribution >= 0.6 is 0 Å². The Bertz CT molecular complexity index is 1060. The summed E-state index contributed by atoms with van der Waals surface area (Å²) in [7, 11) is 1.68. The zero-order valence-corrected chi connectivity index (χ0v) is 18.9. The molecule has 1 fully saturated rings. The molecule has 7 nitrogen and oxygen atoms in total. The highest BCUT2D eigenvalue weighted by atomic mass is 16.5. The van der Waals surface area contributed by atoms with Crippen LogP contribution in [0.3, 0.4) is 0 Å². The monoisotopic (exact) mass is 446 g/mol. The summed E-state index contributed by atoms with van der Waals surface area (Å²) >= 11 is 0. The van der Waals surface area contributed by atoms with Crippen LogP contribution in [0.2, 0.25) is 0 Å². The van der Waals surface area contributed by atoms with E-state index in [1.165, 1.54) is 5.56 Å². The Labute approximate surface area is 194 Å². The summed E-state index contributed by atoms with van der Waals surface area (Å²) in [6.07, 6.45) is 8.54. The first-order valence-electron chi connectivity index (χ1n) is 11.4. The number of hydrogen-bond acceptors (Lipinski definition) is 4. The Morgan fingerprint density at radius 2 is 1.91 bits per heavy atom. The number of ether oxygens (including phenoxy) is 1. The van der Waals surface area contributed by atoms with E-state index in [0.29, 0.717) is 30.1 Å². The lowest BCUT2D eigenvalue weighted by Crippen LogP contribution is -2.38. The molecule has 0 spiro atoms. The number of aromatic nitrogens is 2. The van der Waals surface area contributed by atoms with E-state index in [-0.39, 0.29) is 11.8 Å². The van der Waals surface area contributed by atoms with Crippen LogP contribution in [-0.4, -0.2) is 46.5 Å². The van der Waals surface area contributed by atoms with Crippen LogP contribution in [0.15, 0.2) is 67.3 Å². The molecule has 1 aliphatic heterocycles. The summed E-state index contributed by atoms with van der Waals surface area (Å²) in [5.74, 6) is 1.37. The maximum Gasteiger partial charge on any atom is 0.253 e. The minimum Gasteiger partial charge on any atom is -0.497 e. The van der Waals surface area contributed by atoms with Crippen LogP contribution in [0.5, 0.6) is 5.75 Å². The van der Waals surface area contributed by atoms with Gasteiger partial charge in [-0.25, -0.2) is 4.98 Å². The third kappa shape index (κ3) is 6.22. The highest BCUT2D eigenvalue weighted by molar-refractivity contribution is 5.97. The first kappa shape index (κ1) is 22.6. The molecule has 33 heavy (non-hydrogen) atoms. The van der Waals surface area contributed by atoms with Crippen molar-refractivity contribution in [3.05, 3.63) is 78.4 Å². The van der Waals surface area contributed by atoms with Crippen molar-refractivity contribution in [3.63, 3.8) is 0 Å². The molecule has 1 aromatic heterocycles. The Morgan fingerprint density at radius 1 is 1.12 bits per heavy atom. The lowest BCUT2D eigenvalue weighted by Gasteiger charge is -2.32. The van der Waals surface area contributed by atoms with Gasteiger partial charge in [-0.1, -0.05) is 18.2 Å². The van der Waals surface area contributed by atoms with Crippen molar-refractivity contribution < 1.29 is 14.3 Å². The standard InChI is InChI=1S/C26H30N4O3/c1-33-24-7-5-20(6-8-24)17-21-9-14-30(15-10-21)26(32)22-3-2-4-23(18-22)28-25(31)11-13-29-16-12-27-19-29/h2-8,12,16,18-19,21H,9-11,13-15,17H2,1H3,(H,28,31). The number of carbonyl (C=O) groups excluding carboxylic acids is 2. The molecule has 7 heteroatoms. The van der Waals surface area contributed by atoms with Gasteiger partial charge in [-0.05, 0) is 61.1 Å². The number of aryl methyl sites for hydroxylation is 1. The molecular weight excluding hydrogens is 416 g/mol. The van der Waals surface area contributed by atoms with Gasteiger partial charge < -0.3 is 19.5 Å². The topological polar surface area (TPSA) is 76.5 Å². The molecule has 0 radical (unpaired) electrons. The minimum absolute atomic E-state index is 0.0208. The number of nitrogens with zero attached hydrogens (tertiary/aromatic N) is 3. The van der Waals surface area contributed by atoms with Crippen molar-refractivity contribution in [1.82, 2.24) is 14.5 Å². The second kappa shape index (κ2) is 10.8. The number of methoxy groups -OCH3 is 1. The highest BCUT2D eigenvalue weighted by Crippen LogP contribution is 2.24. The predicted molar refractivity (Wildman–Crippen MR) is 127 cm³/mol. The fourth-order valence-corrected chi connectivity index (χ4v) is 4.22. The normalized spacial score (nSPS) is 14.2. The second-order valence-corrected chi connectivity index (χ2v) is 8.47. The van der Waals surface area contributed by atoms with Gasteiger partial charge in [0.2, 0.25) is 5.91 Å². The molecule has 1 N–H and O–H groups in total. The Kier molecular flexibility index (Phi) is 7.40. The number of nitrogens with one attached hydrogen (secondary N) is 1. The number of benzene rings is 2. The number of hydrogen-bond donors (Lipinski definition) is 1. The van der Waals surface area contributed by atoms with Crippen molar-refractivity contribution in [2.75, 3.05) is 25.5 Å². The number of piperidine rings is 1. The van der Waals surface area contributed by atoms with Gasteiger partial charge >= 0.3 is 0 Å². The summed E-state index contributed by atoms with van der Waals surface area (Å²) in [6, 6.07) is 15.4. The first-order valence-corrected chi connectivity index (χ1v) is 11.4. The molecule has 0 bridgehead atoms. The van der Waals surface area contributed by atoms with Crippen molar-refractivity contribution in [1.29, 1.82) is 0 Å². The average Bonchev–Trinajstić information content (AvgIpc) is 3.37. The fraction of sp³-hybridized carbons (Fsp3) is 0.346. The number of anilines is 1. The highest BCUT2D eigenvalue weighted by Gasteiger charge is 2.24. The SMILES string of the molecule is COc1ccc(CC2CCN(C(=O)c3cccc(NC(=O)CCn4ccnc4)c3)CC2)cc1. The summed E-state index contributed by atoms with van der Waals surface area (Å²) in [5.41, 5.74) is 2.55. The molecule has 0 unspecified atom stereocenters. The van der Waals surface area contributed by atoms with Crippen molar-refractivity contribution in [3.8, 4) is 5.75 Å². The molecule has 1 aliphatic rings. The molecule has 0 atom stereocenters. The molecule has 2 aromatic carbocycles. The van der Waals surface area contributed by atoms with Gasteiger partial charge in [-0.3, -0.25) is 9.59 Å². The summed E-state index contributed by atoms with van der Waals surface area (Å²) in [5, 5.41) is 2.89. The Morgan fingerprint density at radius 3 is 2.61 bits per heavy atom. The van der Waals surface area contributed by atoms with Crippen LogP contribution in [0.1, 0.15) is 35.2 Å². The van der Waals surface area contributed by atoms with Crippen molar-refractivity contribution >= 4 is 17.5 Å². The summed E-state index contributed by atoms with van der Waals surface area (Å²) in [6.45, 7) is 2.07. The van der Waals surface area contributed by atoms with Gasteiger partial charge in [0.05, 0.1) is 13.4 Å². The maximum absolute atomic E-state index is 13.0. The van der Waals surface area contributed by atoms with E-state index in [4.69, 9.17) is 4.74 Å². The van der Waals surface area contributed by atoms with E-state index >= 15 is 0 Å². The quantitative estimate of drug-likeness (QED) is 0.567. The van der Waals surface area contributed by atoms with Crippen LogP contribution in [-0.2, 0) is 17.8 Å². The second-order valence-electron chi connectivity index (χ2n) is 8.47. The maximum atomic E-state index is 13.0. The molecule has 2 amide bonds. The number of amides is 2. The van der Waals surface area contributed by atoms with Crippen LogP contribution in [0, 0.1) is 5.92 Å². The number of carbonyl (C=O) groups is 2. The van der Waals surface area contributed by atoms with E-state index < -0.39 is 0 Å². The predicted octanol–water partition coefficient (Wildman–Crippen LogP) is 4.02. The van der Waals surface area contributed by atoms with Crippen LogP contribution in [0.4, 0.5) is 5.69 Å². The average molecular weight is 447 g/mol. The van der Waals surface area contributed by atoms with E-state index in [1.54, 1.807) is 25.7 Å². The van der Waals surface area contributed by atoms with Gasteiger partial charge in [0, 0.05) is 49.7 Å². The molecular formula is C26H30N4O3. The molecule has 2 heterocycles. The molecule has 4 rings (SSSR count). The first-order chi connectivity index (χ1) is 16.1. The number of rotatable bonds is 8. The molecule has 0 aliphatic carbocycles. The fourth-order valence-electron chi connectivity index (χ4n) is 4.22. The number of imidazole rings is 1. The van der Waals surface area contributed by atoms with E-state index in [1.807, 2.05) is 46.0 Å². The third-order valence-corrected chi connectivity index (χ3v) is 6.13. The summed E-state index contributed by atoms with van der Waals surface area (Å²) in [4.78, 5) is 31.2. The third-order valence-electron chi connectivity index (χ3n) is 6.13. The lowest BCUT2D eigenvalue weighted by molar-refractivity contribution is -0.116. The molecule has 172 valence electrons. The largest absolute Gasteiger partial charge is 0.497 e. The van der Waals surface area contributed by atoms with Gasteiger partial charge in [0.25, 0.3) is 5.91 Å². The zero-order valence-electron chi connectivity index (χ0n) is 18.9. The van der Waals surface area contributed by atoms with Gasteiger partial charge in [-0.2, -0.15) is 0 Å². The molecule has 0 saturated carbocycles. The lowest BCUT2D eigenvalue weighted by atomic mass is 9.90. The van der Waals surface area contributed by atoms with Gasteiger partial charge in [0.1, 0.15) is 5.75 Å². The summed E-state index contributed by atoms with van der Waals surface area (Å²) < 4.78 is 7.09. The Balaban J connectivity index is 1.27. The van der Waals surface area contributed by atoms with Crippen molar-refractivity contribution in [2.45, 2.75) is 32.2 Å². The van der Waals surface area contributed by atoms with Crippen molar-refractivity contribution in [2.24, 2.45) is 5.92 Å². The molecule has 1 saturated heterocycles. The smallest absolute Gasteiger partial charge is 0.253 e. The number of likely N-dealkylation sites (tertiary alicyclic amines) is 1. The van der Waals surface area contributed by atoms with Gasteiger partial charge in [-0.15, -0.1) is 0 Å². The van der Waals surface area contributed by atoms with Crippen LogP contribution < -0.4 is 10.1 Å². The molecule has 3 aromatic rings. The van der Waals surface area contributed by atoms with Gasteiger partial charge in [0.15, 0.2) is 0 Å². The minimum atomic E-state index is -0.0901. The zero-order chi connectivity index (χ0) is 23.0. The van der Waals surface area contributed by atoms with Crippen LogP contribution in [0.25, 0.3) is 0 Å².